The fourth-order valence-corrected chi connectivity index (χ4v) is 8.33. The molecule has 10 aromatic rings. The van der Waals surface area contributed by atoms with Crippen molar-refractivity contribution in [3.05, 3.63) is 152 Å². The summed E-state index contributed by atoms with van der Waals surface area (Å²) in [6.07, 6.45) is 0. The summed E-state index contributed by atoms with van der Waals surface area (Å²) < 4.78 is 11.4. The molecule has 0 saturated carbocycles. The van der Waals surface area contributed by atoms with Gasteiger partial charge in [-0.2, -0.15) is 0 Å². The topological polar surface area (TPSA) is 18.1 Å². The molecule has 0 aliphatic carbocycles. The number of aromatic nitrogens is 1. The Labute approximate surface area is 263 Å². The van der Waals surface area contributed by atoms with Crippen molar-refractivity contribution in [3.8, 4) is 27.9 Å². The van der Waals surface area contributed by atoms with Gasteiger partial charge in [-0.15, -0.1) is 11.3 Å². The Morgan fingerprint density at radius 3 is 2.07 bits per heavy atom. The number of fused-ring (bicyclic) bond motifs is 9. The molecule has 210 valence electrons. The van der Waals surface area contributed by atoms with Gasteiger partial charge in [0.05, 0.1) is 15.7 Å². The average Bonchev–Trinajstić information content (AvgIpc) is 3.75. The summed E-state index contributed by atoms with van der Waals surface area (Å²) in [4.78, 5) is 0. The summed E-state index contributed by atoms with van der Waals surface area (Å²) in [6, 6.07) is 54.6. The monoisotopic (exact) mass is 591 g/mol. The van der Waals surface area contributed by atoms with Crippen LogP contribution in [0.4, 0.5) is 0 Å². The first-order valence-corrected chi connectivity index (χ1v) is 16.1. The zero-order chi connectivity index (χ0) is 29.5. The number of rotatable bonds is 3. The second-order valence-electron chi connectivity index (χ2n) is 11.7. The largest absolute Gasteiger partial charge is 0.456 e. The van der Waals surface area contributed by atoms with Crippen molar-refractivity contribution >= 4 is 75.3 Å². The first kappa shape index (κ1) is 24.8. The first-order chi connectivity index (χ1) is 22.3. The maximum Gasteiger partial charge on any atom is 0.136 e. The summed E-state index contributed by atoms with van der Waals surface area (Å²) >= 11 is 1.89. The van der Waals surface area contributed by atoms with Crippen LogP contribution in [-0.4, -0.2) is 4.57 Å². The molecule has 7 aromatic carbocycles. The molecule has 0 radical (unpaired) electrons. The highest BCUT2D eigenvalue weighted by Crippen LogP contribution is 2.46. The standard InChI is InChI=1S/C42H25NOS/c1-2-11-31(12-3-1)43-36-15-7-6-13-34(36)42-41(43)40-32(14-8-16-39(40)45-42)27-19-17-26(18-20-27)30-21-22-33-35-23-28-9-4-5-10-29(28)24-38(35)44-37(33)25-30/h1-25H. The molecule has 10 rings (SSSR count). The van der Waals surface area contributed by atoms with Gasteiger partial charge < -0.3 is 8.98 Å². The predicted molar refractivity (Wildman–Crippen MR) is 192 cm³/mol. The highest BCUT2D eigenvalue weighted by Gasteiger charge is 2.20. The molecule has 3 heteroatoms. The van der Waals surface area contributed by atoms with Crippen LogP contribution in [0.25, 0.3) is 91.9 Å². The van der Waals surface area contributed by atoms with Gasteiger partial charge in [0.2, 0.25) is 0 Å². The Hall–Kier alpha value is -5.64. The molecule has 0 unspecified atom stereocenters. The lowest BCUT2D eigenvalue weighted by Crippen LogP contribution is -1.93. The van der Waals surface area contributed by atoms with E-state index in [2.05, 4.69) is 156 Å². The second-order valence-corrected chi connectivity index (χ2v) is 12.8. The van der Waals surface area contributed by atoms with Crippen LogP contribution in [0.2, 0.25) is 0 Å². The lowest BCUT2D eigenvalue weighted by Gasteiger charge is -2.10. The Morgan fingerprint density at radius 2 is 1.20 bits per heavy atom. The van der Waals surface area contributed by atoms with Crippen LogP contribution < -0.4 is 0 Å². The third-order valence-corrected chi connectivity index (χ3v) is 10.4. The normalized spacial score (nSPS) is 12.0. The van der Waals surface area contributed by atoms with Gasteiger partial charge >= 0.3 is 0 Å². The minimum Gasteiger partial charge on any atom is -0.456 e. The minimum atomic E-state index is 0.918. The Bertz CT molecular complexity index is 2740. The lowest BCUT2D eigenvalue weighted by molar-refractivity contribution is 0.669. The Morgan fingerprint density at radius 1 is 0.489 bits per heavy atom. The van der Waals surface area contributed by atoms with E-state index in [9.17, 15) is 0 Å². The van der Waals surface area contributed by atoms with Gasteiger partial charge in [-0.1, -0.05) is 103 Å². The second kappa shape index (κ2) is 9.43. The molecule has 0 spiro atoms. The number of para-hydroxylation sites is 2. The van der Waals surface area contributed by atoms with E-state index >= 15 is 0 Å². The number of nitrogens with zero attached hydrogens (tertiary/aromatic N) is 1. The van der Waals surface area contributed by atoms with Crippen LogP contribution in [0, 0.1) is 0 Å². The van der Waals surface area contributed by atoms with Gasteiger partial charge in [0.15, 0.2) is 0 Å². The summed E-state index contributed by atoms with van der Waals surface area (Å²) in [6.45, 7) is 0. The van der Waals surface area contributed by atoms with Crippen LogP contribution in [0.15, 0.2) is 156 Å². The van der Waals surface area contributed by atoms with Gasteiger partial charge in [0.25, 0.3) is 0 Å². The van der Waals surface area contributed by atoms with E-state index in [1.54, 1.807) is 0 Å². The van der Waals surface area contributed by atoms with Gasteiger partial charge in [-0.3, -0.25) is 0 Å². The summed E-state index contributed by atoms with van der Waals surface area (Å²) in [5, 5.41) is 7.34. The number of hydrogen-bond acceptors (Lipinski definition) is 2. The molecule has 0 amide bonds. The molecule has 0 fully saturated rings. The molecule has 0 saturated heterocycles. The SMILES string of the molecule is c1ccc(-n2c3ccccc3c3sc4cccc(-c5ccc(-c6ccc7c(c6)oc6cc8ccccc8cc67)cc5)c4c32)cc1. The van der Waals surface area contributed by atoms with Gasteiger partial charge in [0, 0.05) is 31.9 Å². The molecular weight excluding hydrogens is 567 g/mol. The zero-order valence-corrected chi connectivity index (χ0v) is 25.0. The highest BCUT2D eigenvalue weighted by atomic mass is 32.1. The van der Waals surface area contributed by atoms with Crippen LogP contribution >= 0.6 is 11.3 Å². The van der Waals surface area contributed by atoms with E-state index in [0.29, 0.717) is 0 Å². The van der Waals surface area contributed by atoms with Crippen LogP contribution in [0.3, 0.4) is 0 Å². The van der Waals surface area contributed by atoms with Crippen molar-refractivity contribution in [1.82, 2.24) is 4.57 Å². The third-order valence-electron chi connectivity index (χ3n) is 9.19. The zero-order valence-electron chi connectivity index (χ0n) is 24.2. The molecule has 0 N–H and O–H groups in total. The number of furan rings is 1. The predicted octanol–water partition coefficient (Wildman–Crippen LogP) is 12.4. The summed E-state index contributed by atoms with van der Waals surface area (Å²) in [5.74, 6) is 0. The van der Waals surface area contributed by atoms with E-state index in [4.69, 9.17) is 4.42 Å². The molecule has 2 nitrogen and oxygen atoms in total. The van der Waals surface area contributed by atoms with Crippen LogP contribution in [-0.2, 0) is 0 Å². The van der Waals surface area contributed by atoms with Gasteiger partial charge in [0.1, 0.15) is 11.2 Å². The molecule has 0 bridgehead atoms. The molecule has 0 aliphatic rings. The van der Waals surface area contributed by atoms with Crippen molar-refractivity contribution in [2.24, 2.45) is 0 Å². The fraction of sp³-hybridized carbons (Fsp3) is 0. The lowest BCUT2D eigenvalue weighted by atomic mass is 9.97. The van der Waals surface area contributed by atoms with E-state index in [1.807, 2.05) is 11.3 Å². The number of hydrogen-bond donors (Lipinski definition) is 0. The van der Waals surface area contributed by atoms with Crippen molar-refractivity contribution in [2.45, 2.75) is 0 Å². The number of benzene rings is 7. The van der Waals surface area contributed by atoms with Crippen molar-refractivity contribution in [2.75, 3.05) is 0 Å². The van der Waals surface area contributed by atoms with E-state index in [-0.39, 0.29) is 0 Å². The molecule has 3 heterocycles. The Kier molecular flexibility index (Phi) is 5.19. The smallest absolute Gasteiger partial charge is 0.136 e. The van der Waals surface area contributed by atoms with E-state index in [1.165, 1.54) is 64.4 Å². The van der Waals surface area contributed by atoms with Crippen molar-refractivity contribution in [1.29, 1.82) is 0 Å². The maximum absolute atomic E-state index is 6.37. The fourth-order valence-electron chi connectivity index (χ4n) is 7.08. The Balaban J connectivity index is 1.12. The molecule has 45 heavy (non-hydrogen) atoms. The maximum atomic E-state index is 6.37. The minimum absolute atomic E-state index is 0.918. The summed E-state index contributed by atoms with van der Waals surface area (Å²) in [5.41, 5.74) is 10.3. The van der Waals surface area contributed by atoms with Crippen LogP contribution in [0.1, 0.15) is 0 Å². The van der Waals surface area contributed by atoms with Crippen molar-refractivity contribution < 1.29 is 4.42 Å². The van der Waals surface area contributed by atoms with E-state index < -0.39 is 0 Å². The molecule has 3 aromatic heterocycles. The quantitative estimate of drug-likeness (QED) is 0.200. The van der Waals surface area contributed by atoms with Gasteiger partial charge in [-0.25, -0.2) is 0 Å². The van der Waals surface area contributed by atoms with Gasteiger partial charge in [-0.05, 0) is 81.6 Å². The van der Waals surface area contributed by atoms with Crippen molar-refractivity contribution in [3.63, 3.8) is 0 Å². The average molecular weight is 592 g/mol. The first-order valence-electron chi connectivity index (χ1n) is 15.3. The molecule has 0 aliphatic heterocycles. The molecule has 0 atom stereocenters. The third kappa shape index (κ3) is 3.68. The molecular formula is C42H25NOS. The highest BCUT2D eigenvalue weighted by molar-refractivity contribution is 7.26. The summed E-state index contributed by atoms with van der Waals surface area (Å²) in [7, 11) is 0. The number of thiophene rings is 1. The van der Waals surface area contributed by atoms with E-state index in [0.717, 1.165) is 27.5 Å². The van der Waals surface area contributed by atoms with Crippen LogP contribution in [0.5, 0.6) is 0 Å².